The highest BCUT2D eigenvalue weighted by molar-refractivity contribution is 9.10. The lowest BCUT2D eigenvalue weighted by molar-refractivity contribution is -0.139. The van der Waals surface area contributed by atoms with E-state index in [2.05, 4.69) is 37.1 Å². The van der Waals surface area contributed by atoms with Crippen molar-refractivity contribution in [3.63, 3.8) is 0 Å². The van der Waals surface area contributed by atoms with Crippen molar-refractivity contribution in [2.45, 2.75) is 12.7 Å². The summed E-state index contributed by atoms with van der Waals surface area (Å²) in [6.45, 7) is -0.338. The largest absolute Gasteiger partial charge is 0.483 e. The van der Waals surface area contributed by atoms with Crippen LogP contribution in [0.5, 0.6) is 17.2 Å². The highest BCUT2D eigenvalue weighted by atomic mass is 79.9. The molecule has 0 saturated carbocycles. The Morgan fingerprint density at radius 1 is 1.00 bits per heavy atom. The lowest BCUT2D eigenvalue weighted by atomic mass is 10.2. The van der Waals surface area contributed by atoms with Gasteiger partial charge in [-0.1, -0.05) is 28.1 Å². The van der Waals surface area contributed by atoms with E-state index < -0.39 is 36.1 Å². The van der Waals surface area contributed by atoms with Gasteiger partial charge in [-0.05, 0) is 54.1 Å². The number of carbonyl (C=O) groups is 3. The molecule has 3 amide bonds. The van der Waals surface area contributed by atoms with Crippen LogP contribution in [-0.2, 0) is 27.1 Å². The molecule has 40 heavy (non-hydrogen) atoms. The summed E-state index contributed by atoms with van der Waals surface area (Å²) in [5.41, 5.74) is 2.19. The Bertz CT molecular complexity index is 1460. The van der Waals surface area contributed by atoms with Crippen LogP contribution in [0.15, 0.2) is 70.2 Å². The van der Waals surface area contributed by atoms with Gasteiger partial charge < -0.3 is 24.8 Å². The van der Waals surface area contributed by atoms with Crippen molar-refractivity contribution >= 4 is 45.6 Å². The molecule has 0 unspecified atom stereocenters. The van der Waals surface area contributed by atoms with Crippen LogP contribution in [0.3, 0.4) is 0 Å². The van der Waals surface area contributed by atoms with E-state index in [-0.39, 0.29) is 24.8 Å². The Labute approximate surface area is 233 Å². The van der Waals surface area contributed by atoms with E-state index in [0.717, 1.165) is 12.1 Å². The van der Waals surface area contributed by atoms with Crippen LogP contribution in [0.1, 0.15) is 16.7 Å². The lowest BCUT2D eigenvalue weighted by Gasteiger charge is -2.12. The van der Waals surface area contributed by atoms with Gasteiger partial charge in [-0.3, -0.25) is 14.4 Å². The van der Waals surface area contributed by atoms with Crippen LogP contribution in [-0.4, -0.2) is 37.3 Å². The summed E-state index contributed by atoms with van der Waals surface area (Å²) >= 11 is 3.29. The van der Waals surface area contributed by atoms with Crippen LogP contribution in [0.2, 0.25) is 0 Å². The fourth-order valence-electron chi connectivity index (χ4n) is 3.39. The van der Waals surface area contributed by atoms with Gasteiger partial charge in [0, 0.05) is 22.3 Å². The molecular weight excluding hydrogens is 601 g/mol. The number of fused-ring (bicyclic) bond motifs is 1. The number of hydrazone groups is 1. The number of hydrogen-bond acceptors (Lipinski definition) is 7. The van der Waals surface area contributed by atoms with Crippen molar-refractivity contribution in [3.8, 4) is 17.2 Å². The maximum Gasteiger partial charge on any atom is 0.416 e. The highest BCUT2D eigenvalue weighted by Gasteiger charge is 2.30. The standard InChI is InChI=1S/C26H20BrF3N4O6/c27-18-5-7-20(38-13-23(35)33-19-3-1-2-17(10-19)26(28,29)30)16(9-18)12-32-34-25(37)24(36)31-11-15-4-6-21-22(8-15)40-14-39-21/h1-10,12H,11,13-14H2,(H,31,36)(H,33,35)(H,34,37)/b32-12-. The molecule has 10 nitrogen and oxygen atoms in total. The molecule has 1 heterocycles. The number of halogens is 4. The highest BCUT2D eigenvalue weighted by Crippen LogP contribution is 2.32. The number of alkyl halides is 3. The molecule has 1 aliphatic heterocycles. The number of benzene rings is 3. The van der Waals surface area contributed by atoms with E-state index in [1.165, 1.54) is 24.4 Å². The molecule has 0 bridgehead atoms. The van der Waals surface area contributed by atoms with Crippen LogP contribution in [0, 0.1) is 0 Å². The van der Waals surface area contributed by atoms with Gasteiger partial charge in [0.05, 0.1) is 11.8 Å². The first kappa shape index (κ1) is 28.4. The first-order chi connectivity index (χ1) is 19.1. The molecule has 0 atom stereocenters. The number of carbonyl (C=O) groups excluding carboxylic acids is 3. The van der Waals surface area contributed by atoms with Gasteiger partial charge in [-0.2, -0.15) is 18.3 Å². The Morgan fingerprint density at radius 2 is 1.80 bits per heavy atom. The van der Waals surface area contributed by atoms with E-state index in [1.807, 2.05) is 0 Å². The summed E-state index contributed by atoms with van der Waals surface area (Å²) in [6.07, 6.45) is -3.35. The molecule has 208 valence electrons. The third-order valence-electron chi connectivity index (χ3n) is 5.27. The van der Waals surface area contributed by atoms with Gasteiger partial charge >= 0.3 is 18.0 Å². The summed E-state index contributed by atoms with van der Waals surface area (Å²) in [5, 5.41) is 8.57. The fourth-order valence-corrected chi connectivity index (χ4v) is 3.77. The molecule has 3 N–H and O–H groups in total. The van der Waals surface area contributed by atoms with Crippen LogP contribution in [0.4, 0.5) is 18.9 Å². The van der Waals surface area contributed by atoms with Crippen molar-refractivity contribution in [1.82, 2.24) is 10.7 Å². The van der Waals surface area contributed by atoms with Crippen molar-refractivity contribution < 1.29 is 41.8 Å². The number of rotatable bonds is 8. The van der Waals surface area contributed by atoms with Gasteiger partial charge in [0.1, 0.15) is 5.75 Å². The first-order valence-electron chi connectivity index (χ1n) is 11.5. The molecule has 3 aromatic carbocycles. The molecule has 0 radical (unpaired) electrons. The van der Waals surface area contributed by atoms with Gasteiger partial charge in [0.15, 0.2) is 18.1 Å². The molecule has 1 aliphatic rings. The smallest absolute Gasteiger partial charge is 0.416 e. The number of nitrogens with one attached hydrogen (secondary N) is 3. The molecule has 0 spiro atoms. The fraction of sp³-hybridized carbons (Fsp3) is 0.154. The topological polar surface area (TPSA) is 127 Å². The first-order valence-corrected chi connectivity index (χ1v) is 12.3. The molecule has 3 aromatic rings. The van der Waals surface area contributed by atoms with Crippen molar-refractivity contribution in [2.24, 2.45) is 5.10 Å². The maximum atomic E-state index is 12.9. The second-order valence-corrected chi connectivity index (χ2v) is 9.08. The average Bonchev–Trinajstić information content (AvgIpc) is 3.39. The Morgan fingerprint density at radius 3 is 2.60 bits per heavy atom. The second kappa shape index (κ2) is 12.5. The number of nitrogens with zero attached hydrogens (tertiary/aromatic N) is 1. The lowest BCUT2D eigenvalue weighted by Crippen LogP contribution is -2.37. The number of amides is 3. The molecule has 0 aromatic heterocycles. The quantitative estimate of drug-likeness (QED) is 0.199. The summed E-state index contributed by atoms with van der Waals surface area (Å²) in [7, 11) is 0. The van der Waals surface area contributed by atoms with Crippen molar-refractivity contribution in [1.29, 1.82) is 0 Å². The minimum Gasteiger partial charge on any atom is -0.483 e. The number of ether oxygens (including phenoxy) is 3. The second-order valence-electron chi connectivity index (χ2n) is 8.17. The molecular formula is C26H20BrF3N4O6. The zero-order valence-corrected chi connectivity index (χ0v) is 22.0. The van der Waals surface area contributed by atoms with Crippen LogP contribution >= 0.6 is 15.9 Å². The summed E-state index contributed by atoms with van der Waals surface area (Å²) in [4.78, 5) is 36.5. The van der Waals surface area contributed by atoms with Crippen LogP contribution < -0.4 is 30.3 Å². The minimum atomic E-state index is -4.55. The van der Waals surface area contributed by atoms with Gasteiger partial charge in [-0.15, -0.1) is 0 Å². The molecule has 4 rings (SSSR count). The van der Waals surface area contributed by atoms with Gasteiger partial charge in [0.25, 0.3) is 5.91 Å². The normalized spacial score (nSPS) is 12.2. The SMILES string of the molecule is O=C(COc1ccc(Br)cc1/C=N\NC(=O)C(=O)NCc1ccc2c(c1)OCO2)Nc1cccc(C(F)(F)F)c1. The Hall–Kier alpha value is -4.59. The van der Waals surface area contributed by atoms with E-state index in [9.17, 15) is 27.6 Å². The van der Waals surface area contributed by atoms with Gasteiger partial charge in [0.2, 0.25) is 6.79 Å². The van der Waals surface area contributed by atoms with Crippen LogP contribution in [0.25, 0.3) is 0 Å². The number of anilines is 1. The summed E-state index contributed by atoms with van der Waals surface area (Å²) < 4.78 is 55.3. The Balaban J connectivity index is 1.29. The maximum absolute atomic E-state index is 12.9. The van der Waals surface area contributed by atoms with E-state index in [1.54, 1.807) is 30.3 Å². The zero-order chi connectivity index (χ0) is 28.7. The van der Waals surface area contributed by atoms with Gasteiger partial charge in [-0.25, -0.2) is 5.43 Å². The van der Waals surface area contributed by atoms with E-state index in [0.29, 0.717) is 27.1 Å². The van der Waals surface area contributed by atoms with E-state index in [4.69, 9.17) is 14.2 Å². The summed E-state index contributed by atoms with van der Waals surface area (Å²) in [6, 6.07) is 14.0. The third kappa shape index (κ3) is 7.72. The number of hydrogen-bond donors (Lipinski definition) is 3. The monoisotopic (exact) mass is 620 g/mol. The van der Waals surface area contributed by atoms with E-state index >= 15 is 0 Å². The third-order valence-corrected chi connectivity index (χ3v) is 5.76. The molecule has 0 saturated heterocycles. The molecule has 0 aliphatic carbocycles. The predicted octanol–water partition coefficient (Wildman–Crippen LogP) is 3.98. The van der Waals surface area contributed by atoms with Crippen molar-refractivity contribution in [2.75, 3.05) is 18.7 Å². The predicted molar refractivity (Wildman–Crippen MR) is 140 cm³/mol. The van der Waals surface area contributed by atoms with Crippen molar-refractivity contribution in [3.05, 3.63) is 81.8 Å². The average molecular weight is 621 g/mol. The summed E-state index contributed by atoms with van der Waals surface area (Å²) in [5.74, 6) is -1.32. The molecule has 0 fully saturated rings. The minimum absolute atomic E-state index is 0.0412. The molecule has 14 heteroatoms. The zero-order valence-electron chi connectivity index (χ0n) is 20.4. The Kier molecular flexibility index (Phi) is 8.89.